The maximum Gasteiger partial charge on any atom is 0.125 e. The van der Waals surface area contributed by atoms with Crippen LogP contribution >= 0.6 is 0 Å². The first-order valence-electron chi connectivity index (χ1n) is 4.18. The molecule has 0 aliphatic carbocycles. The molecule has 0 amide bonds. The lowest BCUT2D eigenvalue weighted by molar-refractivity contribution is 0.629. The quantitative estimate of drug-likeness (QED) is 0.634. The van der Waals surface area contributed by atoms with E-state index < -0.39 is 5.82 Å². The fourth-order valence-electron chi connectivity index (χ4n) is 1.38. The van der Waals surface area contributed by atoms with Gasteiger partial charge < -0.3 is 0 Å². The lowest BCUT2D eigenvalue weighted by Crippen LogP contribution is -1.88. The van der Waals surface area contributed by atoms with Crippen LogP contribution < -0.4 is 0 Å². The summed E-state index contributed by atoms with van der Waals surface area (Å²) < 4.78 is 13.0. The number of pyridine rings is 1. The molecule has 0 bridgehead atoms. The molecule has 0 aliphatic rings. The molecule has 0 N–H and O–H groups in total. The van der Waals surface area contributed by atoms with Crippen molar-refractivity contribution in [2.75, 3.05) is 0 Å². The molecule has 0 spiro atoms. The lowest BCUT2D eigenvalue weighted by atomic mass is 10.1. The van der Waals surface area contributed by atoms with Gasteiger partial charge in [-0.05, 0) is 25.1 Å². The van der Waals surface area contributed by atoms with Gasteiger partial charge in [0.1, 0.15) is 11.9 Å². The summed E-state index contributed by atoms with van der Waals surface area (Å²) in [4.78, 5) is 4.20. The highest BCUT2D eigenvalue weighted by Gasteiger charge is 2.04. The standard InChI is InChI=1S/C11H7FN2/c1-7-2-3-8-4-10(12)5-9(6-13)11(8)14-7/h2-5H,1H3. The van der Waals surface area contributed by atoms with E-state index in [1.165, 1.54) is 12.1 Å². The molecule has 14 heavy (non-hydrogen) atoms. The SMILES string of the molecule is Cc1ccc2cc(F)cc(C#N)c2n1. The maximum absolute atomic E-state index is 13.0. The third kappa shape index (κ3) is 1.31. The number of hydrogen-bond donors (Lipinski definition) is 0. The normalized spacial score (nSPS) is 10.1. The molecule has 0 atom stereocenters. The molecule has 1 aromatic carbocycles. The van der Waals surface area contributed by atoms with Gasteiger partial charge in [-0.2, -0.15) is 5.26 Å². The molecule has 0 radical (unpaired) electrons. The van der Waals surface area contributed by atoms with Crippen LogP contribution in [0, 0.1) is 24.1 Å². The number of halogens is 1. The monoisotopic (exact) mass is 186 g/mol. The van der Waals surface area contributed by atoms with Crippen LogP contribution in [-0.2, 0) is 0 Å². The van der Waals surface area contributed by atoms with Gasteiger partial charge in [0, 0.05) is 11.1 Å². The molecule has 0 fully saturated rings. The Morgan fingerprint density at radius 2 is 2.14 bits per heavy atom. The Morgan fingerprint density at radius 1 is 1.36 bits per heavy atom. The number of aromatic nitrogens is 1. The molecular weight excluding hydrogens is 179 g/mol. The summed E-state index contributed by atoms with van der Waals surface area (Å²) in [6, 6.07) is 8.08. The Kier molecular flexibility index (Phi) is 1.90. The number of nitrogens with zero attached hydrogens (tertiary/aromatic N) is 2. The van der Waals surface area contributed by atoms with Crippen LogP contribution in [0.2, 0.25) is 0 Å². The molecular formula is C11H7FN2. The van der Waals surface area contributed by atoms with E-state index in [-0.39, 0.29) is 5.56 Å². The highest BCUT2D eigenvalue weighted by molar-refractivity contribution is 5.84. The smallest absolute Gasteiger partial charge is 0.125 e. The average molecular weight is 186 g/mol. The average Bonchev–Trinajstić information content (AvgIpc) is 2.17. The third-order valence-corrected chi connectivity index (χ3v) is 2.02. The highest BCUT2D eigenvalue weighted by Crippen LogP contribution is 2.18. The Morgan fingerprint density at radius 3 is 2.86 bits per heavy atom. The minimum Gasteiger partial charge on any atom is -0.252 e. The molecule has 2 aromatic rings. The molecule has 68 valence electrons. The second-order valence-electron chi connectivity index (χ2n) is 3.09. The first-order valence-corrected chi connectivity index (χ1v) is 4.18. The van der Waals surface area contributed by atoms with Crippen molar-refractivity contribution >= 4 is 10.9 Å². The first kappa shape index (κ1) is 8.64. The summed E-state index contributed by atoms with van der Waals surface area (Å²) >= 11 is 0. The largest absolute Gasteiger partial charge is 0.252 e. The van der Waals surface area contributed by atoms with Gasteiger partial charge in [-0.3, -0.25) is 4.98 Å². The Bertz CT molecular complexity index is 541. The molecule has 0 saturated heterocycles. The Hall–Kier alpha value is -1.95. The number of hydrogen-bond acceptors (Lipinski definition) is 2. The molecule has 1 aromatic heterocycles. The fourth-order valence-corrected chi connectivity index (χ4v) is 1.38. The highest BCUT2D eigenvalue weighted by atomic mass is 19.1. The zero-order valence-corrected chi connectivity index (χ0v) is 7.58. The predicted molar refractivity (Wildman–Crippen MR) is 51.2 cm³/mol. The topological polar surface area (TPSA) is 36.7 Å². The summed E-state index contributed by atoms with van der Waals surface area (Å²) in [5, 5.41) is 9.45. The van der Waals surface area contributed by atoms with Crippen LogP contribution in [0.15, 0.2) is 24.3 Å². The first-order chi connectivity index (χ1) is 6.70. The number of aryl methyl sites for hydroxylation is 1. The van der Waals surface area contributed by atoms with Gasteiger partial charge in [0.15, 0.2) is 0 Å². The van der Waals surface area contributed by atoms with Gasteiger partial charge in [-0.25, -0.2) is 4.39 Å². The molecule has 0 saturated carbocycles. The summed E-state index contributed by atoms with van der Waals surface area (Å²) in [6.45, 7) is 1.84. The lowest BCUT2D eigenvalue weighted by Gasteiger charge is -2.00. The molecule has 0 aliphatic heterocycles. The maximum atomic E-state index is 13.0. The molecule has 0 unspecified atom stereocenters. The van der Waals surface area contributed by atoms with Crippen LogP contribution in [0.5, 0.6) is 0 Å². The number of benzene rings is 1. The number of fused-ring (bicyclic) bond motifs is 1. The fraction of sp³-hybridized carbons (Fsp3) is 0.0909. The van der Waals surface area contributed by atoms with Crippen LogP contribution in [0.1, 0.15) is 11.3 Å². The van der Waals surface area contributed by atoms with Crippen molar-refractivity contribution in [2.45, 2.75) is 6.92 Å². The second-order valence-corrected chi connectivity index (χ2v) is 3.09. The summed E-state index contributed by atoms with van der Waals surface area (Å²) in [6.07, 6.45) is 0. The van der Waals surface area contributed by atoms with E-state index in [0.717, 1.165) is 5.69 Å². The van der Waals surface area contributed by atoms with Gasteiger partial charge in [0.2, 0.25) is 0 Å². The summed E-state index contributed by atoms with van der Waals surface area (Å²) in [5.41, 5.74) is 1.67. The van der Waals surface area contributed by atoms with E-state index >= 15 is 0 Å². The van der Waals surface area contributed by atoms with Crippen LogP contribution in [0.25, 0.3) is 10.9 Å². The zero-order chi connectivity index (χ0) is 10.1. The number of nitriles is 1. The Labute approximate surface area is 80.6 Å². The third-order valence-electron chi connectivity index (χ3n) is 2.02. The van der Waals surface area contributed by atoms with Gasteiger partial charge in [0.05, 0.1) is 11.1 Å². The molecule has 2 rings (SSSR count). The summed E-state index contributed by atoms with van der Waals surface area (Å²) in [7, 11) is 0. The van der Waals surface area contributed by atoms with Crippen molar-refractivity contribution in [3.63, 3.8) is 0 Å². The minimum absolute atomic E-state index is 0.281. The van der Waals surface area contributed by atoms with Gasteiger partial charge >= 0.3 is 0 Å². The summed E-state index contributed by atoms with van der Waals surface area (Å²) in [5.74, 6) is -0.403. The Balaban J connectivity index is 2.90. The molecule has 2 nitrogen and oxygen atoms in total. The minimum atomic E-state index is -0.403. The van der Waals surface area contributed by atoms with E-state index in [2.05, 4.69) is 4.98 Å². The van der Waals surface area contributed by atoms with Crippen molar-refractivity contribution in [2.24, 2.45) is 0 Å². The molecule has 3 heteroatoms. The van der Waals surface area contributed by atoms with Gasteiger partial charge in [-0.15, -0.1) is 0 Å². The van der Waals surface area contributed by atoms with Gasteiger partial charge in [0.25, 0.3) is 0 Å². The van der Waals surface area contributed by atoms with E-state index in [1.807, 2.05) is 13.0 Å². The van der Waals surface area contributed by atoms with E-state index in [0.29, 0.717) is 10.9 Å². The molecule has 1 heterocycles. The van der Waals surface area contributed by atoms with Crippen LogP contribution in [-0.4, -0.2) is 4.98 Å². The predicted octanol–water partition coefficient (Wildman–Crippen LogP) is 2.55. The zero-order valence-electron chi connectivity index (χ0n) is 7.58. The van der Waals surface area contributed by atoms with Crippen LogP contribution in [0.3, 0.4) is 0 Å². The van der Waals surface area contributed by atoms with E-state index in [9.17, 15) is 4.39 Å². The van der Waals surface area contributed by atoms with Crippen LogP contribution in [0.4, 0.5) is 4.39 Å². The van der Waals surface area contributed by atoms with Crippen molar-refractivity contribution < 1.29 is 4.39 Å². The van der Waals surface area contributed by atoms with Crippen molar-refractivity contribution in [3.8, 4) is 6.07 Å². The van der Waals surface area contributed by atoms with Gasteiger partial charge in [-0.1, -0.05) is 6.07 Å². The number of rotatable bonds is 0. The van der Waals surface area contributed by atoms with E-state index in [4.69, 9.17) is 5.26 Å². The second kappa shape index (κ2) is 3.08. The van der Waals surface area contributed by atoms with Crippen molar-refractivity contribution in [1.82, 2.24) is 4.98 Å². The van der Waals surface area contributed by atoms with Crippen molar-refractivity contribution in [1.29, 1.82) is 5.26 Å². The van der Waals surface area contributed by atoms with E-state index in [1.54, 1.807) is 12.1 Å². The van der Waals surface area contributed by atoms with Crippen molar-refractivity contribution in [3.05, 3.63) is 41.3 Å².